The molecule has 19 heavy (non-hydrogen) atoms. The molecule has 1 rings (SSSR count). The van der Waals surface area contributed by atoms with Crippen molar-refractivity contribution in [1.29, 1.82) is 0 Å². The lowest BCUT2D eigenvalue weighted by atomic mass is 9.88. The molecule has 0 amide bonds. The third kappa shape index (κ3) is 5.36. The minimum absolute atomic E-state index is 0.0633. The van der Waals surface area contributed by atoms with Crippen molar-refractivity contribution in [2.45, 2.75) is 33.2 Å². The zero-order chi connectivity index (χ0) is 14.5. The zero-order valence-electron chi connectivity index (χ0n) is 11.2. The van der Waals surface area contributed by atoms with Gasteiger partial charge >= 0.3 is 0 Å². The minimum Gasteiger partial charge on any atom is -0.312 e. The predicted molar refractivity (Wildman–Crippen MR) is 79.5 cm³/mol. The van der Waals surface area contributed by atoms with Crippen LogP contribution in [0.25, 0.3) is 0 Å². The number of benzene rings is 1. The highest BCUT2D eigenvalue weighted by Crippen LogP contribution is 2.23. The first kappa shape index (κ1) is 16.9. The van der Waals surface area contributed by atoms with Gasteiger partial charge in [0.15, 0.2) is 0 Å². The van der Waals surface area contributed by atoms with E-state index in [-0.39, 0.29) is 22.0 Å². The monoisotopic (exact) mass is 353 g/mol. The first-order valence-electron chi connectivity index (χ1n) is 6.26. The van der Waals surface area contributed by atoms with E-state index in [1.54, 1.807) is 0 Å². The predicted octanol–water partition coefficient (Wildman–Crippen LogP) is 4.86. The molecule has 5 heteroatoms. The van der Waals surface area contributed by atoms with Gasteiger partial charge in [0.25, 0.3) is 0 Å². The van der Waals surface area contributed by atoms with E-state index in [4.69, 9.17) is 11.6 Å². The number of hydrogen-bond donors (Lipinski definition) is 1. The van der Waals surface area contributed by atoms with Crippen LogP contribution in [0.5, 0.6) is 0 Å². The van der Waals surface area contributed by atoms with Crippen molar-refractivity contribution in [2.24, 2.45) is 5.41 Å². The molecule has 0 unspecified atom stereocenters. The lowest BCUT2D eigenvalue weighted by Crippen LogP contribution is -2.29. The fraction of sp³-hybridized carbons (Fsp3) is 0.571. The van der Waals surface area contributed by atoms with Gasteiger partial charge in [-0.25, -0.2) is 8.78 Å². The minimum atomic E-state index is -0.536. The Morgan fingerprint density at radius 1 is 1.32 bits per heavy atom. The molecule has 1 N–H and O–H groups in total. The van der Waals surface area contributed by atoms with Gasteiger partial charge in [-0.1, -0.05) is 13.8 Å². The van der Waals surface area contributed by atoms with Gasteiger partial charge in [0.05, 0.1) is 4.47 Å². The summed E-state index contributed by atoms with van der Waals surface area (Å²) in [5.41, 5.74) is 0.135. The normalized spacial score (nSPS) is 11.9. The molecular formula is C14H19BrClF2N. The molecule has 0 aromatic heterocycles. The van der Waals surface area contributed by atoms with E-state index in [1.807, 2.05) is 0 Å². The summed E-state index contributed by atoms with van der Waals surface area (Å²) in [6.45, 7) is 5.09. The Bertz CT molecular complexity index is 424. The van der Waals surface area contributed by atoms with Crippen molar-refractivity contribution in [3.8, 4) is 0 Å². The van der Waals surface area contributed by atoms with Crippen LogP contribution in [-0.2, 0) is 6.54 Å². The number of rotatable bonds is 7. The average molecular weight is 355 g/mol. The topological polar surface area (TPSA) is 12.0 Å². The van der Waals surface area contributed by atoms with Crippen LogP contribution in [0.4, 0.5) is 8.78 Å². The number of nitrogens with one attached hydrogen (secondary N) is 1. The second-order valence-electron chi connectivity index (χ2n) is 5.38. The molecule has 0 fully saturated rings. The van der Waals surface area contributed by atoms with Crippen molar-refractivity contribution >= 4 is 27.5 Å². The summed E-state index contributed by atoms with van der Waals surface area (Å²) in [6, 6.07) is 2.64. The summed E-state index contributed by atoms with van der Waals surface area (Å²) in [4.78, 5) is 0. The third-order valence-corrected chi connectivity index (χ3v) is 3.91. The second-order valence-corrected chi connectivity index (χ2v) is 6.61. The quantitative estimate of drug-likeness (QED) is 0.544. The highest BCUT2D eigenvalue weighted by molar-refractivity contribution is 9.10. The summed E-state index contributed by atoms with van der Waals surface area (Å²) in [5, 5.41) is 3.12. The van der Waals surface area contributed by atoms with E-state index in [2.05, 4.69) is 35.1 Å². The van der Waals surface area contributed by atoms with E-state index >= 15 is 0 Å². The van der Waals surface area contributed by atoms with Gasteiger partial charge in [0.2, 0.25) is 0 Å². The highest BCUT2D eigenvalue weighted by Gasteiger charge is 2.18. The molecule has 0 saturated carbocycles. The van der Waals surface area contributed by atoms with Gasteiger partial charge in [-0.15, -0.1) is 11.6 Å². The van der Waals surface area contributed by atoms with Crippen molar-refractivity contribution in [3.63, 3.8) is 0 Å². The number of hydrogen-bond acceptors (Lipinski definition) is 1. The number of alkyl halides is 1. The van der Waals surface area contributed by atoms with Crippen LogP contribution in [0.15, 0.2) is 16.6 Å². The maximum absolute atomic E-state index is 13.7. The first-order chi connectivity index (χ1) is 8.87. The molecule has 0 spiro atoms. The van der Waals surface area contributed by atoms with Gasteiger partial charge in [-0.05, 0) is 46.3 Å². The summed E-state index contributed by atoms with van der Waals surface area (Å²) in [5.74, 6) is -0.420. The molecule has 1 aromatic rings. The van der Waals surface area contributed by atoms with Crippen LogP contribution in [0, 0.1) is 17.0 Å². The molecule has 0 atom stereocenters. The molecular weight excluding hydrogens is 336 g/mol. The maximum atomic E-state index is 13.7. The van der Waals surface area contributed by atoms with E-state index in [1.165, 1.54) is 12.1 Å². The lowest BCUT2D eigenvalue weighted by molar-refractivity contribution is 0.309. The molecule has 0 aliphatic heterocycles. The van der Waals surface area contributed by atoms with E-state index < -0.39 is 11.6 Å². The summed E-state index contributed by atoms with van der Waals surface area (Å²) in [6.07, 6.45) is 1.92. The molecule has 1 aromatic carbocycles. The Balaban J connectivity index is 2.56. The number of halogens is 4. The molecule has 0 saturated heterocycles. The van der Waals surface area contributed by atoms with E-state index in [9.17, 15) is 8.78 Å². The van der Waals surface area contributed by atoms with Crippen molar-refractivity contribution < 1.29 is 8.78 Å². The summed E-state index contributed by atoms with van der Waals surface area (Å²) in [7, 11) is 0. The molecule has 0 bridgehead atoms. The zero-order valence-corrected chi connectivity index (χ0v) is 13.5. The maximum Gasteiger partial charge on any atom is 0.144 e. The second kappa shape index (κ2) is 7.55. The van der Waals surface area contributed by atoms with Crippen LogP contribution in [0.2, 0.25) is 0 Å². The molecule has 0 heterocycles. The SMILES string of the molecule is CC(C)(CCCCl)CNCc1c(F)ccc(Br)c1F. The summed E-state index contributed by atoms with van der Waals surface area (Å²) >= 11 is 8.73. The fourth-order valence-electron chi connectivity index (χ4n) is 1.89. The van der Waals surface area contributed by atoms with Crippen LogP contribution < -0.4 is 5.32 Å². The Labute approximate surface area is 126 Å². The largest absolute Gasteiger partial charge is 0.312 e. The Morgan fingerprint density at radius 3 is 2.63 bits per heavy atom. The molecule has 0 aliphatic carbocycles. The smallest absolute Gasteiger partial charge is 0.144 e. The van der Waals surface area contributed by atoms with Gasteiger partial charge in [0.1, 0.15) is 11.6 Å². The Morgan fingerprint density at radius 2 is 2.00 bits per heavy atom. The van der Waals surface area contributed by atoms with Crippen molar-refractivity contribution in [2.75, 3.05) is 12.4 Å². The standard InChI is InChI=1S/C14H19BrClF2N/c1-14(2,6-3-7-16)9-19-8-10-12(17)5-4-11(15)13(10)18/h4-5,19H,3,6-9H2,1-2H3. The van der Waals surface area contributed by atoms with E-state index in [0.29, 0.717) is 12.4 Å². The van der Waals surface area contributed by atoms with Crippen LogP contribution >= 0.6 is 27.5 Å². The van der Waals surface area contributed by atoms with Gasteiger partial charge in [0, 0.05) is 24.5 Å². The molecule has 0 aliphatic rings. The fourth-order valence-corrected chi connectivity index (χ4v) is 2.40. The van der Waals surface area contributed by atoms with Crippen LogP contribution in [0.1, 0.15) is 32.3 Å². The van der Waals surface area contributed by atoms with Gasteiger partial charge in [-0.3, -0.25) is 0 Å². The molecule has 108 valence electrons. The summed E-state index contributed by atoms with van der Waals surface area (Å²) < 4.78 is 27.6. The van der Waals surface area contributed by atoms with E-state index in [0.717, 1.165) is 12.8 Å². The third-order valence-electron chi connectivity index (χ3n) is 3.03. The van der Waals surface area contributed by atoms with Gasteiger partial charge in [-0.2, -0.15) is 0 Å². The van der Waals surface area contributed by atoms with Crippen LogP contribution in [-0.4, -0.2) is 12.4 Å². The van der Waals surface area contributed by atoms with Gasteiger partial charge < -0.3 is 5.32 Å². The Hall–Kier alpha value is -0.190. The Kier molecular flexibility index (Phi) is 6.71. The molecule has 1 nitrogen and oxygen atoms in total. The lowest BCUT2D eigenvalue weighted by Gasteiger charge is -2.24. The van der Waals surface area contributed by atoms with Crippen molar-refractivity contribution in [1.82, 2.24) is 5.32 Å². The highest BCUT2D eigenvalue weighted by atomic mass is 79.9. The average Bonchev–Trinajstić information content (AvgIpc) is 2.36. The first-order valence-corrected chi connectivity index (χ1v) is 7.59. The van der Waals surface area contributed by atoms with Crippen LogP contribution in [0.3, 0.4) is 0 Å². The van der Waals surface area contributed by atoms with Crippen molar-refractivity contribution in [3.05, 3.63) is 33.8 Å². The molecule has 0 radical (unpaired) electrons.